The summed E-state index contributed by atoms with van der Waals surface area (Å²) in [5.74, 6) is 0. The molecule has 0 heterocycles. The molecule has 0 aliphatic heterocycles. The van der Waals surface area contributed by atoms with E-state index in [0.717, 1.165) is 24.0 Å². The van der Waals surface area contributed by atoms with E-state index in [2.05, 4.69) is 26.0 Å². The highest BCUT2D eigenvalue weighted by atomic mass is 14.4. The SMILES string of the molecule is CCCCCCCCCCCCCCCCCCc1c(C=N)ccc(C=N)c1CCCCCCCCCCCCCCCCCC. The lowest BCUT2D eigenvalue weighted by Gasteiger charge is -2.16. The van der Waals surface area contributed by atoms with Crippen LogP contribution in [-0.4, -0.2) is 12.4 Å². The van der Waals surface area contributed by atoms with Crippen molar-refractivity contribution in [1.82, 2.24) is 0 Å². The van der Waals surface area contributed by atoms with Gasteiger partial charge < -0.3 is 10.8 Å². The van der Waals surface area contributed by atoms with Gasteiger partial charge in [0.25, 0.3) is 0 Å². The van der Waals surface area contributed by atoms with Crippen molar-refractivity contribution in [3.63, 3.8) is 0 Å². The summed E-state index contributed by atoms with van der Waals surface area (Å²) in [5, 5.41) is 16.1. The van der Waals surface area contributed by atoms with Crippen LogP contribution in [0.15, 0.2) is 12.1 Å². The molecule has 2 nitrogen and oxygen atoms in total. The molecule has 0 atom stereocenters. The van der Waals surface area contributed by atoms with E-state index < -0.39 is 0 Å². The molecular weight excluding hydrogens is 556 g/mol. The van der Waals surface area contributed by atoms with Crippen LogP contribution < -0.4 is 0 Å². The van der Waals surface area contributed by atoms with Gasteiger partial charge in [0.1, 0.15) is 0 Å². The van der Waals surface area contributed by atoms with Crippen molar-refractivity contribution in [1.29, 1.82) is 10.8 Å². The van der Waals surface area contributed by atoms with Crippen LogP contribution in [0.2, 0.25) is 0 Å². The minimum atomic E-state index is 1.07. The van der Waals surface area contributed by atoms with E-state index in [9.17, 15) is 0 Å². The van der Waals surface area contributed by atoms with Crippen LogP contribution >= 0.6 is 0 Å². The van der Waals surface area contributed by atoms with Crippen molar-refractivity contribution < 1.29 is 0 Å². The van der Waals surface area contributed by atoms with Gasteiger partial charge in [0.05, 0.1) is 0 Å². The smallest absolute Gasteiger partial charge is 0.0253 e. The first-order valence-corrected chi connectivity index (χ1v) is 20.9. The van der Waals surface area contributed by atoms with Gasteiger partial charge in [-0.2, -0.15) is 0 Å². The monoisotopic (exact) mass is 637 g/mol. The number of rotatable bonds is 36. The van der Waals surface area contributed by atoms with Gasteiger partial charge in [-0.05, 0) is 47.9 Å². The van der Waals surface area contributed by atoms with Crippen molar-refractivity contribution in [2.45, 2.75) is 232 Å². The molecule has 46 heavy (non-hydrogen) atoms. The van der Waals surface area contributed by atoms with Gasteiger partial charge in [-0.3, -0.25) is 0 Å². The molecule has 0 saturated carbocycles. The molecule has 1 rings (SSSR count). The van der Waals surface area contributed by atoms with Crippen LogP contribution in [-0.2, 0) is 12.8 Å². The van der Waals surface area contributed by atoms with Crippen molar-refractivity contribution in [2.24, 2.45) is 0 Å². The average molecular weight is 637 g/mol. The highest BCUT2D eigenvalue weighted by Gasteiger charge is 2.11. The number of benzene rings is 1. The zero-order chi connectivity index (χ0) is 33.2. The van der Waals surface area contributed by atoms with Crippen LogP contribution in [0.25, 0.3) is 0 Å². The van der Waals surface area contributed by atoms with Gasteiger partial charge in [0.15, 0.2) is 0 Å². The van der Waals surface area contributed by atoms with E-state index in [-0.39, 0.29) is 0 Å². The fraction of sp³-hybridized carbons (Fsp3) is 0.818. The largest absolute Gasteiger partial charge is 0.308 e. The summed E-state index contributed by atoms with van der Waals surface area (Å²) in [4.78, 5) is 0. The van der Waals surface area contributed by atoms with Crippen molar-refractivity contribution in [3.05, 3.63) is 34.4 Å². The normalized spacial score (nSPS) is 11.3. The standard InChI is InChI=1S/C44H80N2/c1-3-5-7-9-11-13-15-17-19-21-23-25-27-29-31-33-35-43-41(39-45)37-38-42(40-46)44(43)36-34-32-30-28-26-24-22-20-18-16-14-12-10-8-6-4-2/h37-40,45-46H,3-36H2,1-2H3. The molecule has 0 amide bonds. The Bertz CT molecular complexity index is 745. The first-order valence-electron chi connectivity index (χ1n) is 20.9. The Morgan fingerprint density at radius 3 is 0.717 bits per heavy atom. The topological polar surface area (TPSA) is 47.7 Å². The van der Waals surface area contributed by atoms with Gasteiger partial charge >= 0.3 is 0 Å². The first-order chi connectivity index (χ1) is 22.8. The Labute approximate surface area is 289 Å². The molecule has 0 spiro atoms. The van der Waals surface area contributed by atoms with Gasteiger partial charge in [0, 0.05) is 12.4 Å². The van der Waals surface area contributed by atoms with Crippen molar-refractivity contribution >= 4 is 12.4 Å². The lowest BCUT2D eigenvalue weighted by Crippen LogP contribution is -2.05. The summed E-state index contributed by atoms with van der Waals surface area (Å²) in [6, 6.07) is 4.15. The molecule has 0 radical (unpaired) electrons. The summed E-state index contributed by atoms with van der Waals surface area (Å²) in [6.45, 7) is 4.60. The van der Waals surface area contributed by atoms with Crippen LogP contribution in [0.1, 0.15) is 242 Å². The molecule has 0 bridgehead atoms. The third-order valence-electron chi connectivity index (χ3n) is 10.4. The number of nitrogens with one attached hydrogen (secondary N) is 2. The van der Waals surface area contributed by atoms with E-state index in [1.54, 1.807) is 12.4 Å². The molecule has 266 valence electrons. The Morgan fingerprint density at radius 2 is 0.522 bits per heavy atom. The molecule has 2 N–H and O–H groups in total. The Balaban J connectivity index is 2.15. The number of hydrogen-bond donors (Lipinski definition) is 2. The Kier molecular flexibility index (Phi) is 31.0. The predicted octanol–water partition coefficient (Wildman–Crippen LogP) is 15.3. The third kappa shape index (κ3) is 23.8. The first kappa shape index (κ1) is 42.6. The quantitative estimate of drug-likeness (QED) is 0.0544. The van der Waals surface area contributed by atoms with Gasteiger partial charge in [0.2, 0.25) is 0 Å². The minimum absolute atomic E-state index is 1.07. The van der Waals surface area contributed by atoms with Crippen molar-refractivity contribution in [3.8, 4) is 0 Å². The van der Waals surface area contributed by atoms with E-state index in [1.165, 1.54) is 217 Å². The Morgan fingerprint density at radius 1 is 0.326 bits per heavy atom. The lowest BCUT2D eigenvalue weighted by atomic mass is 9.89. The molecular formula is C44H80N2. The molecule has 0 aliphatic carbocycles. The van der Waals surface area contributed by atoms with Crippen LogP contribution in [0, 0.1) is 10.8 Å². The summed E-state index contributed by atoms with van der Waals surface area (Å²) in [5.41, 5.74) is 4.89. The van der Waals surface area contributed by atoms with Crippen LogP contribution in [0.5, 0.6) is 0 Å². The predicted molar refractivity (Wildman–Crippen MR) is 209 cm³/mol. The van der Waals surface area contributed by atoms with Crippen LogP contribution in [0.4, 0.5) is 0 Å². The summed E-state index contributed by atoms with van der Waals surface area (Å²) >= 11 is 0. The average Bonchev–Trinajstić information content (AvgIpc) is 3.07. The molecule has 0 fully saturated rings. The zero-order valence-electron chi connectivity index (χ0n) is 31.4. The second kappa shape index (κ2) is 33.5. The zero-order valence-corrected chi connectivity index (χ0v) is 31.4. The van der Waals surface area contributed by atoms with E-state index in [1.807, 2.05) is 0 Å². The van der Waals surface area contributed by atoms with E-state index in [4.69, 9.17) is 10.8 Å². The summed E-state index contributed by atoms with van der Waals surface area (Å²) < 4.78 is 0. The molecule has 2 heteroatoms. The highest BCUT2D eigenvalue weighted by molar-refractivity contribution is 5.86. The maximum atomic E-state index is 8.03. The fourth-order valence-electron chi connectivity index (χ4n) is 7.29. The van der Waals surface area contributed by atoms with Crippen LogP contribution in [0.3, 0.4) is 0 Å². The summed E-state index contributed by atoms with van der Waals surface area (Å²) in [6.07, 6.45) is 50.0. The fourth-order valence-corrected chi connectivity index (χ4v) is 7.29. The molecule has 0 aliphatic rings. The highest BCUT2D eigenvalue weighted by Crippen LogP contribution is 2.24. The molecule has 1 aromatic carbocycles. The molecule has 0 unspecified atom stereocenters. The molecule has 0 saturated heterocycles. The second-order valence-electron chi connectivity index (χ2n) is 14.6. The van der Waals surface area contributed by atoms with E-state index >= 15 is 0 Å². The number of hydrogen-bond acceptors (Lipinski definition) is 2. The molecule has 0 aromatic heterocycles. The Hall–Kier alpha value is -1.44. The maximum absolute atomic E-state index is 8.03. The summed E-state index contributed by atoms with van der Waals surface area (Å²) in [7, 11) is 0. The second-order valence-corrected chi connectivity index (χ2v) is 14.6. The van der Waals surface area contributed by atoms with Gasteiger partial charge in [-0.15, -0.1) is 0 Å². The van der Waals surface area contributed by atoms with Gasteiger partial charge in [-0.1, -0.05) is 219 Å². The van der Waals surface area contributed by atoms with Gasteiger partial charge in [-0.25, -0.2) is 0 Å². The molecule has 1 aromatic rings. The third-order valence-corrected chi connectivity index (χ3v) is 10.4. The van der Waals surface area contributed by atoms with Crippen molar-refractivity contribution in [2.75, 3.05) is 0 Å². The number of unbranched alkanes of at least 4 members (excludes halogenated alkanes) is 30. The van der Waals surface area contributed by atoms with E-state index in [0.29, 0.717) is 0 Å². The minimum Gasteiger partial charge on any atom is -0.308 e. The lowest BCUT2D eigenvalue weighted by molar-refractivity contribution is 0.528. The maximum Gasteiger partial charge on any atom is 0.0253 e.